The third-order valence-corrected chi connectivity index (χ3v) is 6.05. The molecule has 31 heavy (non-hydrogen) atoms. The Kier molecular flexibility index (Phi) is 7.64. The van der Waals surface area contributed by atoms with Gasteiger partial charge in [-0.2, -0.15) is 0 Å². The summed E-state index contributed by atoms with van der Waals surface area (Å²) in [6, 6.07) is 6.78. The predicted molar refractivity (Wildman–Crippen MR) is 117 cm³/mol. The van der Waals surface area contributed by atoms with Crippen molar-refractivity contribution in [3.8, 4) is 5.75 Å². The summed E-state index contributed by atoms with van der Waals surface area (Å²) >= 11 is 1.03. The number of rotatable bonds is 8. The van der Waals surface area contributed by atoms with Gasteiger partial charge in [0.05, 0.1) is 23.2 Å². The van der Waals surface area contributed by atoms with Crippen molar-refractivity contribution in [2.75, 3.05) is 32.2 Å². The van der Waals surface area contributed by atoms with E-state index in [4.69, 9.17) is 14.2 Å². The molecule has 8 nitrogen and oxygen atoms in total. The smallest absolute Gasteiger partial charge is 0.341 e. The van der Waals surface area contributed by atoms with Crippen molar-refractivity contribution in [3.05, 3.63) is 45.8 Å². The first-order valence-corrected chi connectivity index (χ1v) is 10.9. The molecule has 1 aliphatic rings. The summed E-state index contributed by atoms with van der Waals surface area (Å²) in [5.74, 6) is -0.784. The molecule has 2 amide bonds. The Bertz CT molecular complexity index is 965. The number of thiophene rings is 1. The predicted octanol–water partition coefficient (Wildman–Crippen LogP) is 3.40. The molecule has 1 aliphatic heterocycles. The molecular formula is C22H26N2O6S. The van der Waals surface area contributed by atoms with Crippen LogP contribution in [0.2, 0.25) is 0 Å². The Morgan fingerprint density at radius 1 is 1.26 bits per heavy atom. The molecule has 3 rings (SSSR count). The number of ether oxygens (including phenoxy) is 3. The first-order valence-electron chi connectivity index (χ1n) is 10.1. The van der Waals surface area contributed by atoms with Crippen LogP contribution in [-0.2, 0) is 9.47 Å². The molecule has 1 fully saturated rings. The van der Waals surface area contributed by atoms with Crippen molar-refractivity contribution in [2.24, 2.45) is 0 Å². The van der Waals surface area contributed by atoms with E-state index in [1.807, 2.05) is 0 Å². The standard InChI is InChI=1S/C22H26N2O6S/c1-4-28-22(27)17-13(2)18(20(26)23-3)31-21(17)24-19(25)14-7-5-8-15(11-14)30-12-16-9-6-10-29-16/h5,7-8,11,16H,4,6,9-10,12H2,1-3H3,(H,23,26)(H,24,25). The van der Waals surface area contributed by atoms with Crippen LogP contribution >= 0.6 is 11.3 Å². The Balaban J connectivity index is 1.79. The molecule has 0 spiro atoms. The molecule has 0 saturated carbocycles. The maximum absolute atomic E-state index is 12.9. The van der Waals surface area contributed by atoms with E-state index in [1.54, 1.807) is 38.1 Å². The molecular weight excluding hydrogens is 420 g/mol. The lowest BCUT2D eigenvalue weighted by Crippen LogP contribution is -2.18. The maximum atomic E-state index is 12.9. The molecule has 0 radical (unpaired) electrons. The summed E-state index contributed by atoms with van der Waals surface area (Å²) in [6.07, 6.45) is 2.06. The number of benzene rings is 1. The van der Waals surface area contributed by atoms with E-state index < -0.39 is 11.9 Å². The van der Waals surface area contributed by atoms with Crippen molar-refractivity contribution < 1.29 is 28.6 Å². The Morgan fingerprint density at radius 3 is 2.74 bits per heavy atom. The topological polar surface area (TPSA) is 103 Å². The first kappa shape index (κ1) is 22.8. The average molecular weight is 447 g/mol. The van der Waals surface area contributed by atoms with Crippen LogP contribution in [0.4, 0.5) is 5.00 Å². The number of amides is 2. The third kappa shape index (κ3) is 5.42. The summed E-state index contributed by atoms with van der Waals surface area (Å²) in [6.45, 7) is 4.71. The van der Waals surface area contributed by atoms with E-state index in [1.165, 1.54) is 7.05 Å². The SMILES string of the molecule is CCOC(=O)c1c(NC(=O)c2cccc(OCC3CCCO3)c2)sc(C(=O)NC)c1C. The normalized spacial score (nSPS) is 15.4. The van der Waals surface area contributed by atoms with Gasteiger partial charge in [-0.1, -0.05) is 6.07 Å². The van der Waals surface area contributed by atoms with Gasteiger partial charge in [-0.15, -0.1) is 11.3 Å². The van der Waals surface area contributed by atoms with Gasteiger partial charge < -0.3 is 24.8 Å². The number of hydrogen-bond donors (Lipinski definition) is 2. The zero-order chi connectivity index (χ0) is 22.4. The van der Waals surface area contributed by atoms with Gasteiger partial charge in [0.15, 0.2) is 0 Å². The first-order chi connectivity index (χ1) is 14.9. The van der Waals surface area contributed by atoms with Crippen LogP contribution < -0.4 is 15.4 Å². The fraction of sp³-hybridized carbons (Fsp3) is 0.409. The van der Waals surface area contributed by atoms with Gasteiger partial charge in [0.25, 0.3) is 11.8 Å². The third-order valence-electron chi connectivity index (χ3n) is 4.84. The Hall–Kier alpha value is -2.91. The van der Waals surface area contributed by atoms with E-state index in [0.717, 1.165) is 30.8 Å². The Labute approximate surface area is 184 Å². The second-order valence-corrected chi connectivity index (χ2v) is 8.01. The van der Waals surface area contributed by atoms with Gasteiger partial charge in [-0.05, 0) is 50.5 Å². The quantitative estimate of drug-likeness (QED) is 0.603. The van der Waals surface area contributed by atoms with Gasteiger partial charge in [0, 0.05) is 19.2 Å². The second-order valence-electron chi connectivity index (χ2n) is 6.99. The largest absolute Gasteiger partial charge is 0.491 e. The number of esters is 1. The van der Waals surface area contributed by atoms with Gasteiger partial charge in [-0.3, -0.25) is 9.59 Å². The number of hydrogen-bond acceptors (Lipinski definition) is 7. The van der Waals surface area contributed by atoms with E-state index >= 15 is 0 Å². The van der Waals surface area contributed by atoms with E-state index in [2.05, 4.69) is 10.6 Å². The lowest BCUT2D eigenvalue weighted by Gasteiger charge is -2.12. The highest BCUT2D eigenvalue weighted by atomic mass is 32.1. The minimum absolute atomic E-state index is 0.0712. The van der Waals surface area contributed by atoms with Crippen molar-refractivity contribution in [1.29, 1.82) is 0 Å². The maximum Gasteiger partial charge on any atom is 0.341 e. The van der Waals surface area contributed by atoms with Crippen molar-refractivity contribution >= 4 is 34.1 Å². The molecule has 1 atom stereocenters. The van der Waals surface area contributed by atoms with Crippen LogP contribution in [0.1, 0.15) is 55.7 Å². The van der Waals surface area contributed by atoms with Crippen LogP contribution in [0.15, 0.2) is 24.3 Å². The number of carbonyl (C=O) groups excluding carboxylic acids is 3. The lowest BCUT2D eigenvalue weighted by atomic mass is 10.1. The van der Waals surface area contributed by atoms with Crippen LogP contribution in [0.5, 0.6) is 5.75 Å². The summed E-state index contributed by atoms with van der Waals surface area (Å²) in [7, 11) is 1.51. The van der Waals surface area contributed by atoms with Gasteiger partial charge in [0.2, 0.25) is 0 Å². The van der Waals surface area contributed by atoms with Crippen LogP contribution in [0.3, 0.4) is 0 Å². The minimum Gasteiger partial charge on any atom is -0.491 e. The molecule has 1 aromatic carbocycles. The molecule has 166 valence electrons. The van der Waals surface area contributed by atoms with Crippen molar-refractivity contribution in [1.82, 2.24) is 5.32 Å². The highest BCUT2D eigenvalue weighted by molar-refractivity contribution is 7.18. The fourth-order valence-corrected chi connectivity index (χ4v) is 4.38. The van der Waals surface area contributed by atoms with Crippen LogP contribution in [0, 0.1) is 6.92 Å². The summed E-state index contributed by atoms with van der Waals surface area (Å²) < 4.78 is 16.4. The van der Waals surface area contributed by atoms with Gasteiger partial charge >= 0.3 is 5.97 Å². The highest BCUT2D eigenvalue weighted by Gasteiger charge is 2.26. The van der Waals surface area contributed by atoms with Gasteiger partial charge in [-0.25, -0.2) is 4.79 Å². The second kappa shape index (κ2) is 10.4. The minimum atomic E-state index is -0.588. The van der Waals surface area contributed by atoms with E-state index in [9.17, 15) is 14.4 Å². The summed E-state index contributed by atoms with van der Waals surface area (Å²) in [5.41, 5.74) is 1.02. The molecule has 2 N–H and O–H groups in total. The Morgan fingerprint density at radius 2 is 2.06 bits per heavy atom. The molecule has 0 aliphatic carbocycles. The fourth-order valence-electron chi connectivity index (χ4n) is 3.25. The number of nitrogens with one attached hydrogen (secondary N) is 2. The van der Waals surface area contributed by atoms with Crippen LogP contribution in [-0.4, -0.2) is 50.8 Å². The molecule has 0 bridgehead atoms. The molecule has 9 heteroatoms. The molecule has 1 unspecified atom stereocenters. The molecule has 2 aromatic rings. The summed E-state index contributed by atoms with van der Waals surface area (Å²) in [4.78, 5) is 37.9. The number of anilines is 1. The monoisotopic (exact) mass is 446 g/mol. The van der Waals surface area contributed by atoms with Gasteiger partial charge in [0.1, 0.15) is 17.4 Å². The molecule has 2 heterocycles. The lowest BCUT2D eigenvalue weighted by molar-refractivity contribution is 0.0527. The van der Waals surface area contributed by atoms with Crippen molar-refractivity contribution in [3.63, 3.8) is 0 Å². The highest BCUT2D eigenvalue weighted by Crippen LogP contribution is 2.34. The zero-order valence-electron chi connectivity index (χ0n) is 17.8. The molecule has 1 aromatic heterocycles. The average Bonchev–Trinajstić information content (AvgIpc) is 3.40. The van der Waals surface area contributed by atoms with Crippen molar-refractivity contribution in [2.45, 2.75) is 32.8 Å². The van der Waals surface area contributed by atoms with Crippen LogP contribution in [0.25, 0.3) is 0 Å². The number of carbonyl (C=O) groups is 3. The summed E-state index contributed by atoms with van der Waals surface area (Å²) in [5, 5.41) is 5.56. The van der Waals surface area contributed by atoms with E-state index in [-0.39, 0.29) is 29.2 Å². The van der Waals surface area contributed by atoms with E-state index in [0.29, 0.717) is 28.4 Å². The molecule has 1 saturated heterocycles. The zero-order valence-corrected chi connectivity index (χ0v) is 18.6.